The number of nitrogens with one attached hydrogen (secondary N) is 1. The van der Waals surface area contributed by atoms with Crippen LogP contribution in [-0.4, -0.2) is 18.6 Å². The lowest BCUT2D eigenvalue weighted by molar-refractivity contribution is -0.132. The van der Waals surface area contributed by atoms with E-state index in [9.17, 15) is 18.0 Å². The van der Waals surface area contributed by atoms with Crippen LogP contribution in [0.15, 0.2) is 9.85 Å². The van der Waals surface area contributed by atoms with Crippen molar-refractivity contribution in [1.82, 2.24) is 5.32 Å². The maximum atomic E-state index is 11.8. The molecule has 0 aliphatic carbocycles. The van der Waals surface area contributed by atoms with Crippen LogP contribution in [0.4, 0.5) is 13.2 Å². The normalized spacial score (nSPS) is 11.6. The van der Waals surface area contributed by atoms with Crippen LogP contribution in [0.2, 0.25) is 0 Å². The number of aryl methyl sites for hydroxylation is 1. The Morgan fingerprint density at radius 1 is 1.56 bits per heavy atom. The molecule has 0 fully saturated rings. The summed E-state index contributed by atoms with van der Waals surface area (Å²) in [5, 5.41) is 2.23. The molecule has 0 aromatic carbocycles. The van der Waals surface area contributed by atoms with Crippen LogP contribution in [-0.2, 0) is 0 Å². The molecule has 0 aliphatic rings. The number of alkyl halides is 3. The number of carbonyl (C=O) groups is 1. The van der Waals surface area contributed by atoms with E-state index in [0.29, 0.717) is 4.88 Å². The van der Waals surface area contributed by atoms with Crippen molar-refractivity contribution in [2.45, 2.75) is 19.5 Å². The summed E-state index contributed by atoms with van der Waals surface area (Å²) in [4.78, 5) is 11.8. The van der Waals surface area contributed by atoms with Crippen molar-refractivity contribution in [2.24, 2.45) is 0 Å². The van der Waals surface area contributed by atoms with Crippen molar-refractivity contribution in [3.8, 4) is 0 Å². The van der Waals surface area contributed by atoms with Crippen LogP contribution in [0.25, 0.3) is 0 Å². The zero-order valence-electron chi connectivity index (χ0n) is 8.32. The Morgan fingerprint density at radius 3 is 2.62 bits per heavy atom. The summed E-state index contributed by atoms with van der Waals surface area (Å²) < 4.78 is 36.3. The van der Waals surface area contributed by atoms with Gasteiger partial charge in [-0.3, -0.25) is 4.79 Å². The summed E-state index contributed by atoms with van der Waals surface area (Å²) in [6.07, 6.45) is -5.25. The number of rotatable bonds is 3. The van der Waals surface area contributed by atoms with Crippen molar-refractivity contribution in [1.29, 1.82) is 0 Å². The van der Waals surface area contributed by atoms with Gasteiger partial charge in [-0.05, 0) is 34.5 Å². The number of carbonyl (C=O) groups excluding carboxylic acids is 1. The quantitative estimate of drug-likeness (QED) is 0.908. The summed E-state index contributed by atoms with van der Waals surface area (Å²) >= 11 is 4.45. The van der Waals surface area contributed by atoms with Gasteiger partial charge in [0.05, 0.1) is 15.1 Å². The molecule has 0 saturated carbocycles. The fourth-order valence-corrected chi connectivity index (χ4v) is 2.43. The highest BCUT2D eigenvalue weighted by Gasteiger charge is 2.26. The number of hydrogen-bond donors (Lipinski definition) is 1. The van der Waals surface area contributed by atoms with Crippen LogP contribution in [0.1, 0.15) is 21.7 Å². The van der Waals surface area contributed by atoms with Crippen molar-refractivity contribution < 1.29 is 18.0 Å². The summed E-state index contributed by atoms with van der Waals surface area (Å²) in [7, 11) is 0. The van der Waals surface area contributed by atoms with E-state index in [-0.39, 0.29) is 0 Å². The molecule has 7 heteroatoms. The van der Waals surface area contributed by atoms with Crippen LogP contribution < -0.4 is 5.32 Å². The Kier molecular flexibility index (Phi) is 4.37. The van der Waals surface area contributed by atoms with Gasteiger partial charge in [0.1, 0.15) is 0 Å². The minimum atomic E-state index is -4.24. The number of halogens is 4. The number of amides is 1. The predicted molar refractivity (Wildman–Crippen MR) is 59.8 cm³/mol. The fraction of sp³-hybridized carbons (Fsp3) is 0.444. The van der Waals surface area contributed by atoms with E-state index in [4.69, 9.17) is 0 Å². The zero-order valence-corrected chi connectivity index (χ0v) is 10.7. The molecule has 2 nitrogen and oxygen atoms in total. The Morgan fingerprint density at radius 2 is 2.19 bits per heavy atom. The third kappa shape index (κ3) is 4.13. The van der Waals surface area contributed by atoms with Gasteiger partial charge in [-0.25, -0.2) is 0 Å². The van der Waals surface area contributed by atoms with Gasteiger partial charge in [-0.15, -0.1) is 11.3 Å². The fourth-order valence-electron chi connectivity index (χ4n) is 0.977. The first-order valence-electron chi connectivity index (χ1n) is 4.40. The van der Waals surface area contributed by atoms with Gasteiger partial charge in [-0.2, -0.15) is 13.2 Å². The number of thiophene rings is 1. The minimum absolute atomic E-state index is 0.392. The van der Waals surface area contributed by atoms with Crippen LogP contribution >= 0.6 is 27.3 Å². The molecule has 0 unspecified atom stereocenters. The number of hydrogen-bond acceptors (Lipinski definition) is 2. The molecule has 0 bridgehead atoms. The second-order valence-corrected chi connectivity index (χ2v) is 5.56. The van der Waals surface area contributed by atoms with Gasteiger partial charge < -0.3 is 5.32 Å². The van der Waals surface area contributed by atoms with E-state index in [1.165, 1.54) is 11.3 Å². The average molecular weight is 316 g/mol. The van der Waals surface area contributed by atoms with Gasteiger partial charge in [0.25, 0.3) is 5.91 Å². The van der Waals surface area contributed by atoms with Gasteiger partial charge in [0.2, 0.25) is 0 Å². The van der Waals surface area contributed by atoms with E-state index in [1.54, 1.807) is 6.07 Å². The average Bonchev–Trinajstić information content (AvgIpc) is 2.45. The second-order valence-electron chi connectivity index (χ2n) is 3.19. The highest BCUT2D eigenvalue weighted by atomic mass is 79.9. The Balaban J connectivity index is 2.47. The summed E-state index contributed by atoms with van der Waals surface area (Å²) in [5.41, 5.74) is 0.894. The van der Waals surface area contributed by atoms with Crippen LogP contribution in [0.3, 0.4) is 0 Å². The molecule has 1 N–H and O–H groups in total. The SMILES string of the molecule is Cc1cc(C(=O)NCCC(F)(F)F)sc1Br. The highest BCUT2D eigenvalue weighted by molar-refractivity contribution is 9.11. The zero-order chi connectivity index (χ0) is 12.3. The van der Waals surface area contributed by atoms with Crippen molar-refractivity contribution in [3.05, 3.63) is 20.3 Å². The molecule has 16 heavy (non-hydrogen) atoms. The molecule has 0 aliphatic heterocycles. The van der Waals surface area contributed by atoms with Gasteiger partial charge in [-0.1, -0.05) is 0 Å². The van der Waals surface area contributed by atoms with E-state index in [0.717, 1.165) is 9.35 Å². The highest BCUT2D eigenvalue weighted by Crippen LogP contribution is 2.27. The van der Waals surface area contributed by atoms with Gasteiger partial charge in [0.15, 0.2) is 0 Å². The lowest BCUT2D eigenvalue weighted by atomic mass is 10.3. The topological polar surface area (TPSA) is 29.1 Å². The first kappa shape index (κ1) is 13.5. The maximum absolute atomic E-state index is 11.8. The van der Waals surface area contributed by atoms with Crippen molar-refractivity contribution in [3.63, 3.8) is 0 Å². The lowest BCUT2D eigenvalue weighted by Gasteiger charge is -2.06. The predicted octanol–water partition coefficient (Wildman–Crippen LogP) is 3.50. The molecule has 90 valence electrons. The van der Waals surface area contributed by atoms with E-state index < -0.39 is 25.0 Å². The Labute approximate surface area is 103 Å². The van der Waals surface area contributed by atoms with E-state index >= 15 is 0 Å². The largest absolute Gasteiger partial charge is 0.390 e. The summed E-state index contributed by atoms with van der Waals surface area (Å²) in [6, 6.07) is 1.64. The minimum Gasteiger partial charge on any atom is -0.351 e. The third-order valence-electron chi connectivity index (χ3n) is 1.78. The van der Waals surface area contributed by atoms with Gasteiger partial charge in [0, 0.05) is 6.54 Å². The first-order chi connectivity index (χ1) is 7.29. The van der Waals surface area contributed by atoms with Crippen LogP contribution in [0.5, 0.6) is 0 Å². The van der Waals surface area contributed by atoms with Crippen LogP contribution in [0, 0.1) is 6.92 Å². The Bertz CT molecular complexity index is 369. The molecule has 1 aromatic rings. The molecular formula is C9H9BrF3NOS. The van der Waals surface area contributed by atoms with Gasteiger partial charge >= 0.3 is 6.18 Å². The molecule has 1 rings (SSSR count). The molecular weight excluding hydrogens is 307 g/mol. The summed E-state index contributed by atoms with van der Waals surface area (Å²) in [5.74, 6) is -0.469. The van der Waals surface area contributed by atoms with E-state index in [2.05, 4.69) is 21.2 Å². The molecule has 1 aromatic heterocycles. The Hall–Kier alpha value is -0.560. The molecule has 0 atom stereocenters. The standard InChI is InChI=1S/C9H9BrF3NOS/c1-5-4-6(16-7(5)10)8(15)14-3-2-9(11,12)13/h4H,2-3H2,1H3,(H,14,15). The maximum Gasteiger partial charge on any atom is 0.390 e. The molecule has 0 radical (unpaired) electrons. The smallest absolute Gasteiger partial charge is 0.351 e. The molecule has 0 saturated heterocycles. The summed E-state index contributed by atoms with van der Waals surface area (Å²) in [6.45, 7) is 1.42. The first-order valence-corrected chi connectivity index (χ1v) is 6.01. The van der Waals surface area contributed by atoms with Crippen molar-refractivity contribution in [2.75, 3.05) is 6.54 Å². The van der Waals surface area contributed by atoms with Crippen molar-refractivity contribution >= 4 is 33.2 Å². The second kappa shape index (κ2) is 5.18. The lowest BCUT2D eigenvalue weighted by Crippen LogP contribution is -2.27. The molecule has 0 spiro atoms. The molecule has 1 amide bonds. The monoisotopic (exact) mass is 315 g/mol. The van der Waals surface area contributed by atoms with E-state index in [1.807, 2.05) is 6.92 Å². The molecule has 1 heterocycles. The third-order valence-corrected chi connectivity index (χ3v) is 3.91.